The highest BCUT2D eigenvalue weighted by Gasteiger charge is 2.25. The van der Waals surface area contributed by atoms with Crippen LogP contribution in [0.1, 0.15) is 26.7 Å². The van der Waals surface area contributed by atoms with Crippen molar-refractivity contribution in [3.63, 3.8) is 0 Å². The van der Waals surface area contributed by atoms with Gasteiger partial charge in [0.15, 0.2) is 0 Å². The lowest BCUT2D eigenvalue weighted by Crippen LogP contribution is -2.42. The van der Waals surface area contributed by atoms with Gasteiger partial charge >= 0.3 is 6.09 Å². The minimum atomic E-state index is -0.230. The zero-order chi connectivity index (χ0) is 14.5. The highest BCUT2D eigenvalue weighted by Crippen LogP contribution is 2.17. The minimum Gasteiger partial charge on any atom is -0.474 e. The number of carbonyl (C=O) groups excluding carboxylic acids is 1. The summed E-state index contributed by atoms with van der Waals surface area (Å²) in [4.78, 5) is 17.7. The quantitative estimate of drug-likeness (QED) is 0.764. The lowest BCUT2D eigenvalue weighted by molar-refractivity contribution is 0.0507. The molecule has 20 heavy (non-hydrogen) atoms. The molecule has 0 unspecified atom stereocenters. The van der Waals surface area contributed by atoms with Crippen molar-refractivity contribution in [3.05, 3.63) is 18.3 Å². The van der Waals surface area contributed by atoms with E-state index in [9.17, 15) is 4.79 Å². The first-order valence-corrected chi connectivity index (χ1v) is 7.09. The molecule has 2 heterocycles. The Bertz CT molecular complexity index is 442. The van der Waals surface area contributed by atoms with Gasteiger partial charge in [-0.2, -0.15) is 0 Å². The van der Waals surface area contributed by atoms with Gasteiger partial charge in [0.25, 0.3) is 0 Å². The summed E-state index contributed by atoms with van der Waals surface area (Å²) in [6, 6.07) is 3.87. The molecule has 0 spiro atoms. The van der Waals surface area contributed by atoms with Gasteiger partial charge in [-0.25, -0.2) is 9.78 Å². The summed E-state index contributed by atoms with van der Waals surface area (Å²) in [5, 5.41) is 0. The number of carbonyl (C=O) groups is 1. The average Bonchev–Trinajstić information content (AvgIpc) is 2.41. The van der Waals surface area contributed by atoms with E-state index in [-0.39, 0.29) is 18.3 Å². The Kier molecular flexibility index (Phi) is 4.87. The molecule has 1 aromatic rings. The van der Waals surface area contributed by atoms with Crippen LogP contribution < -0.4 is 10.2 Å². The number of nitrogens with zero attached hydrogens (tertiary/aromatic N) is 2. The van der Waals surface area contributed by atoms with Crippen molar-refractivity contribution in [3.8, 4) is 5.88 Å². The number of hydrogen-bond donors (Lipinski definition) is 0. The van der Waals surface area contributed by atoms with Crippen LogP contribution >= 0.6 is 0 Å². The summed E-state index contributed by atoms with van der Waals surface area (Å²) in [5.41, 5.74) is 1.11. The minimum absolute atomic E-state index is 0.0757. The summed E-state index contributed by atoms with van der Waals surface area (Å²) in [7, 11) is 2.00. The van der Waals surface area contributed by atoms with Crippen LogP contribution in [0.4, 0.5) is 4.79 Å². The molecule has 0 aliphatic carbocycles. The van der Waals surface area contributed by atoms with Crippen molar-refractivity contribution in [2.45, 2.75) is 38.9 Å². The lowest BCUT2D eigenvalue weighted by Gasteiger charge is -2.31. The van der Waals surface area contributed by atoms with Gasteiger partial charge in [-0.3, -0.25) is 0 Å². The Morgan fingerprint density at radius 2 is 2.10 bits per heavy atom. The highest BCUT2D eigenvalue weighted by atomic mass is 16.6. The Labute approximate surface area is 120 Å². The number of pyridine rings is 1. The van der Waals surface area contributed by atoms with E-state index >= 15 is 0 Å². The smallest absolute Gasteiger partial charge is 0.410 e. The zero-order valence-electron chi connectivity index (χ0n) is 12.3. The molecular weight excluding hydrogens is 255 g/mol. The number of hydrogen-bond acceptors (Lipinski definition) is 4. The van der Waals surface area contributed by atoms with Crippen molar-refractivity contribution in [2.75, 3.05) is 13.1 Å². The molecule has 0 radical (unpaired) electrons. The van der Waals surface area contributed by atoms with Gasteiger partial charge in [-0.15, -0.1) is 0 Å². The molecule has 0 N–H and O–H groups in total. The van der Waals surface area contributed by atoms with Gasteiger partial charge in [-0.05, 0) is 19.9 Å². The van der Waals surface area contributed by atoms with Gasteiger partial charge in [0, 0.05) is 32.1 Å². The summed E-state index contributed by atoms with van der Waals surface area (Å²) in [6.07, 6.45) is 3.23. The molecule has 1 saturated heterocycles. The van der Waals surface area contributed by atoms with E-state index in [0.717, 1.165) is 18.3 Å². The summed E-state index contributed by atoms with van der Waals surface area (Å²) in [6.45, 7) is 5.05. The molecule has 0 bridgehead atoms. The summed E-state index contributed by atoms with van der Waals surface area (Å²) < 4.78 is 11.0. The lowest BCUT2D eigenvalue weighted by atomic mass is 9.99. The van der Waals surface area contributed by atoms with E-state index in [1.165, 1.54) is 0 Å². The standard InChI is InChI=1S/C14H21BN2O3/c1-10(2)19-14(18)17-7-5-12(6-8-17)20-13-4-3-11(15)9-16-13/h3-4,9-10,12H,5-8,15H2,1-2H3. The fraction of sp³-hybridized carbons (Fsp3) is 0.571. The molecule has 1 aliphatic rings. The second-order valence-electron chi connectivity index (χ2n) is 5.41. The van der Waals surface area contributed by atoms with Crippen molar-refractivity contribution in [1.29, 1.82) is 0 Å². The third-order valence-electron chi connectivity index (χ3n) is 3.21. The van der Waals surface area contributed by atoms with Crippen LogP contribution in [0.15, 0.2) is 18.3 Å². The first-order chi connectivity index (χ1) is 9.54. The van der Waals surface area contributed by atoms with Gasteiger partial charge < -0.3 is 14.4 Å². The van der Waals surface area contributed by atoms with Crippen LogP contribution in [0.2, 0.25) is 0 Å². The van der Waals surface area contributed by atoms with E-state index in [2.05, 4.69) is 4.98 Å². The number of likely N-dealkylation sites (tertiary alicyclic amines) is 1. The van der Waals surface area contributed by atoms with Gasteiger partial charge in [0.2, 0.25) is 5.88 Å². The third-order valence-corrected chi connectivity index (χ3v) is 3.21. The molecule has 1 aromatic heterocycles. The molecule has 1 aliphatic heterocycles. The maximum absolute atomic E-state index is 11.8. The SMILES string of the molecule is Bc1ccc(OC2CCN(C(=O)OC(C)C)CC2)nc1. The topological polar surface area (TPSA) is 51.7 Å². The van der Waals surface area contributed by atoms with Gasteiger partial charge in [-0.1, -0.05) is 11.5 Å². The second-order valence-corrected chi connectivity index (χ2v) is 5.41. The predicted molar refractivity (Wildman–Crippen MR) is 79.3 cm³/mol. The van der Waals surface area contributed by atoms with Crippen LogP contribution in [-0.4, -0.2) is 49.1 Å². The molecule has 6 heteroatoms. The molecule has 0 atom stereocenters. The number of amides is 1. The van der Waals surface area contributed by atoms with E-state index in [1.807, 2.05) is 33.8 Å². The molecule has 1 fully saturated rings. The van der Waals surface area contributed by atoms with Gasteiger partial charge in [0.1, 0.15) is 14.0 Å². The van der Waals surface area contributed by atoms with E-state index < -0.39 is 0 Å². The molecule has 1 amide bonds. The third kappa shape index (κ3) is 4.15. The molecule has 0 saturated carbocycles. The second kappa shape index (κ2) is 6.63. The normalized spacial score (nSPS) is 16.2. The summed E-state index contributed by atoms with van der Waals surface area (Å²) >= 11 is 0. The number of aromatic nitrogens is 1. The fourth-order valence-electron chi connectivity index (χ4n) is 2.13. The van der Waals surface area contributed by atoms with Crippen molar-refractivity contribution in [1.82, 2.24) is 9.88 Å². The molecule has 2 rings (SSSR count). The Hall–Kier alpha value is -1.72. The Morgan fingerprint density at radius 3 is 2.65 bits per heavy atom. The van der Waals surface area contributed by atoms with Crippen molar-refractivity contribution in [2.24, 2.45) is 0 Å². The summed E-state index contributed by atoms with van der Waals surface area (Å²) in [5.74, 6) is 0.652. The monoisotopic (exact) mass is 276 g/mol. The Morgan fingerprint density at radius 1 is 1.40 bits per heavy atom. The Balaban J connectivity index is 1.79. The molecule has 5 nitrogen and oxygen atoms in total. The average molecular weight is 276 g/mol. The highest BCUT2D eigenvalue weighted by molar-refractivity contribution is 6.32. The fourth-order valence-corrected chi connectivity index (χ4v) is 2.13. The van der Waals surface area contributed by atoms with Gasteiger partial charge in [0.05, 0.1) is 6.10 Å². The van der Waals surface area contributed by atoms with Crippen LogP contribution in [0, 0.1) is 0 Å². The first-order valence-electron chi connectivity index (χ1n) is 7.09. The number of rotatable bonds is 3. The van der Waals surface area contributed by atoms with E-state index in [4.69, 9.17) is 9.47 Å². The maximum atomic E-state index is 11.8. The predicted octanol–water partition coefficient (Wildman–Crippen LogP) is 0.728. The van der Waals surface area contributed by atoms with Crippen LogP contribution in [0.5, 0.6) is 5.88 Å². The number of piperidine rings is 1. The zero-order valence-corrected chi connectivity index (χ0v) is 12.3. The molecule has 0 aromatic carbocycles. The first kappa shape index (κ1) is 14.7. The van der Waals surface area contributed by atoms with Crippen LogP contribution in [-0.2, 0) is 4.74 Å². The largest absolute Gasteiger partial charge is 0.474 e. The molecular formula is C14H21BN2O3. The number of ether oxygens (including phenoxy) is 2. The van der Waals surface area contributed by atoms with Crippen molar-refractivity contribution >= 4 is 19.4 Å². The van der Waals surface area contributed by atoms with E-state index in [0.29, 0.717) is 19.0 Å². The maximum Gasteiger partial charge on any atom is 0.410 e. The van der Waals surface area contributed by atoms with Crippen LogP contribution in [0.25, 0.3) is 0 Å². The van der Waals surface area contributed by atoms with E-state index in [1.54, 1.807) is 11.1 Å². The molecule has 108 valence electrons. The van der Waals surface area contributed by atoms with Crippen LogP contribution in [0.3, 0.4) is 0 Å². The van der Waals surface area contributed by atoms with Crippen molar-refractivity contribution < 1.29 is 14.3 Å².